The molecule has 0 aromatic carbocycles. The fraction of sp³-hybridized carbons (Fsp3) is 0.538. The average molecular weight is 330 g/mol. The van der Waals surface area contributed by atoms with Crippen LogP contribution in [0.1, 0.15) is 39.6 Å². The maximum absolute atomic E-state index is 12.6. The number of thiazole rings is 1. The molecule has 1 aliphatic rings. The molecule has 0 unspecified atom stereocenters. The first-order valence-corrected chi connectivity index (χ1v) is 7.29. The van der Waals surface area contributed by atoms with Gasteiger partial charge in [0.2, 0.25) is 0 Å². The summed E-state index contributed by atoms with van der Waals surface area (Å²) >= 11 is 0.340. The van der Waals surface area contributed by atoms with Crippen molar-refractivity contribution in [2.75, 3.05) is 6.54 Å². The fourth-order valence-corrected chi connectivity index (χ4v) is 2.70. The van der Waals surface area contributed by atoms with E-state index in [9.17, 15) is 18.0 Å². The van der Waals surface area contributed by atoms with Gasteiger partial charge < -0.3 is 5.32 Å². The summed E-state index contributed by atoms with van der Waals surface area (Å²) in [6, 6.07) is 0. The van der Waals surface area contributed by atoms with Crippen molar-refractivity contribution in [3.63, 3.8) is 0 Å². The molecule has 0 atom stereocenters. The largest absolute Gasteiger partial charge is 0.443 e. The first kappa shape index (κ1) is 16.4. The van der Waals surface area contributed by atoms with Crippen LogP contribution in [0.4, 0.5) is 13.2 Å². The number of aromatic nitrogens is 1. The standard InChI is InChI=1S/C13H13F3N4OS/c1-3-4-5-12(19-20-12)6-7-17-10(21)9-8(2)18-11(22-9)13(14,15)16/h1H,4-7H2,2H3,(H,17,21). The van der Waals surface area contributed by atoms with Gasteiger partial charge in [0, 0.05) is 25.8 Å². The number of halogens is 3. The summed E-state index contributed by atoms with van der Waals surface area (Å²) in [5.41, 5.74) is -0.461. The smallest absolute Gasteiger partial charge is 0.351 e. The Labute approximate surface area is 129 Å². The van der Waals surface area contributed by atoms with Gasteiger partial charge in [-0.15, -0.1) is 23.7 Å². The van der Waals surface area contributed by atoms with Crippen molar-refractivity contribution in [1.82, 2.24) is 10.3 Å². The van der Waals surface area contributed by atoms with Crippen molar-refractivity contribution in [2.24, 2.45) is 10.2 Å². The molecule has 1 aromatic heterocycles. The number of aryl methyl sites for hydroxylation is 1. The predicted molar refractivity (Wildman–Crippen MR) is 74.5 cm³/mol. The Bertz CT molecular complexity index is 639. The summed E-state index contributed by atoms with van der Waals surface area (Å²) in [7, 11) is 0. The lowest BCUT2D eigenvalue weighted by Gasteiger charge is -2.09. The van der Waals surface area contributed by atoms with Crippen molar-refractivity contribution >= 4 is 17.2 Å². The highest BCUT2D eigenvalue weighted by Gasteiger charge is 2.39. The monoisotopic (exact) mass is 330 g/mol. The van der Waals surface area contributed by atoms with Crippen molar-refractivity contribution in [2.45, 2.75) is 38.0 Å². The molecule has 22 heavy (non-hydrogen) atoms. The summed E-state index contributed by atoms with van der Waals surface area (Å²) < 4.78 is 37.7. The molecule has 0 radical (unpaired) electrons. The molecule has 118 valence electrons. The molecule has 9 heteroatoms. The molecule has 2 rings (SSSR count). The van der Waals surface area contributed by atoms with Crippen LogP contribution in [-0.2, 0) is 6.18 Å². The fourth-order valence-electron chi connectivity index (χ4n) is 1.85. The van der Waals surface area contributed by atoms with Gasteiger partial charge in [-0.25, -0.2) is 4.98 Å². The Balaban J connectivity index is 1.88. The van der Waals surface area contributed by atoms with Crippen LogP contribution in [0.3, 0.4) is 0 Å². The van der Waals surface area contributed by atoms with E-state index in [-0.39, 0.29) is 17.1 Å². The van der Waals surface area contributed by atoms with Gasteiger partial charge in [0.15, 0.2) is 10.7 Å². The molecule has 2 heterocycles. The van der Waals surface area contributed by atoms with E-state index in [1.54, 1.807) is 0 Å². The van der Waals surface area contributed by atoms with Crippen LogP contribution in [0.2, 0.25) is 0 Å². The third kappa shape index (κ3) is 3.82. The van der Waals surface area contributed by atoms with E-state index in [1.807, 2.05) is 0 Å². The summed E-state index contributed by atoms with van der Waals surface area (Å²) in [6.07, 6.45) is 2.24. The second kappa shape index (κ2) is 6.04. The van der Waals surface area contributed by atoms with Crippen LogP contribution >= 0.6 is 11.3 Å². The maximum Gasteiger partial charge on any atom is 0.443 e. The van der Waals surface area contributed by atoms with Crippen LogP contribution in [0.5, 0.6) is 0 Å². The molecule has 1 N–H and O–H groups in total. The van der Waals surface area contributed by atoms with Crippen molar-refractivity contribution in [1.29, 1.82) is 0 Å². The third-order valence-electron chi connectivity index (χ3n) is 3.11. The first-order valence-electron chi connectivity index (χ1n) is 6.48. The molecule has 0 saturated heterocycles. The molecule has 0 spiro atoms. The van der Waals surface area contributed by atoms with Crippen LogP contribution in [0.25, 0.3) is 0 Å². The average Bonchev–Trinajstić information content (AvgIpc) is 3.08. The van der Waals surface area contributed by atoms with Gasteiger partial charge >= 0.3 is 6.18 Å². The minimum Gasteiger partial charge on any atom is -0.351 e. The highest BCUT2D eigenvalue weighted by molar-refractivity contribution is 7.13. The molecular weight excluding hydrogens is 317 g/mol. The molecule has 0 saturated carbocycles. The Hall–Kier alpha value is -1.95. The molecule has 5 nitrogen and oxygen atoms in total. The van der Waals surface area contributed by atoms with E-state index >= 15 is 0 Å². The molecular formula is C13H13F3N4OS. The van der Waals surface area contributed by atoms with E-state index in [2.05, 4.69) is 26.4 Å². The SMILES string of the molecule is C#CCCC1(CCNC(=O)c2sc(C(F)(F)F)nc2C)N=N1. The molecule has 0 bridgehead atoms. The van der Waals surface area contributed by atoms with Gasteiger partial charge in [0.1, 0.15) is 4.88 Å². The van der Waals surface area contributed by atoms with E-state index < -0.39 is 22.8 Å². The zero-order chi connectivity index (χ0) is 16.4. The molecule has 0 aliphatic carbocycles. The van der Waals surface area contributed by atoms with Crippen molar-refractivity contribution in [3.8, 4) is 12.3 Å². The lowest BCUT2D eigenvalue weighted by Crippen LogP contribution is -2.28. The summed E-state index contributed by atoms with van der Waals surface area (Å²) in [4.78, 5) is 15.3. The van der Waals surface area contributed by atoms with E-state index in [4.69, 9.17) is 6.42 Å². The van der Waals surface area contributed by atoms with E-state index in [1.165, 1.54) is 6.92 Å². The quantitative estimate of drug-likeness (QED) is 0.814. The van der Waals surface area contributed by atoms with Gasteiger partial charge in [-0.3, -0.25) is 4.79 Å². The number of hydrogen-bond donors (Lipinski definition) is 1. The number of carbonyl (C=O) groups is 1. The lowest BCUT2D eigenvalue weighted by molar-refractivity contribution is -0.137. The van der Waals surface area contributed by atoms with E-state index in [0.29, 0.717) is 30.6 Å². The van der Waals surface area contributed by atoms with Gasteiger partial charge in [-0.2, -0.15) is 23.4 Å². The number of carbonyl (C=O) groups excluding carboxylic acids is 1. The van der Waals surface area contributed by atoms with Crippen molar-refractivity contribution < 1.29 is 18.0 Å². The van der Waals surface area contributed by atoms with Gasteiger partial charge in [-0.05, 0) is 6.92 Å². The minimum absolute atomic E-state index is 0.0327. The summed E-state index contributed by atoms with van der Waals surface area (Å²) in [6.45, 7) is 1.63. The van der Waals surface area contributed by atoms with Gasteiger partial charge in [0.05, 0.1) is 5.69 Å². The number of hydrogen-bond acceptors (Lipinski definition) is 5. The normalized spacial score (nSPS) is 15.4. The second-order valence-corrected chi connectivity index (χ2v) is 5.82. The Kier molecular flexibility index (Phi) is 4.51. The van der Waals surface area contributed by atoms with Crippen LogP contribution < -0.4 is 5.32 Å². The Morgan fingerprint density at radius 2 is 2.09 bits per heavy atom. The molecule has 1 amide bonds. The van der Waals surface area contributed by atoms with Crippen LogP contribution in [0.15, 0.2) is 10.2 Å². The Morgan fingerprint density at radius 1 is 1.41 bits per heavy atom. The third-order valence-corrected chi connectivity index (χ3v) is 4.31. The summed E-state index contributed by atoms with van der Waals surface area (Å²) in [5.74, 6) is 1.92. The van der Waals surface area contributed by atoms with E-state index in [0.717, 1.165) is 0 Å². The van der Waals surface area contributed by atoms with Crippen LogP contribution in [-0.4, -0.2) is 23.1 Å². The Morgan fingerprint density at radius 3 is 2.59 bits per heavy atom. The number of nitrogens with one attached hydrogen (secondary N) is 1. The number of alkyl halides is 3. The minimum atomic E-state index is -4.54. The van der Waals surface area contributed by atoms with Gasteiger partial charge in [-0.1, -0.05) is 0 Å². The highest BCUT2D eigenvalue weighted by atomic mass is 32.1. The molecule has 0 fully saturated rings. The zero-order valence-electron chi connectivity index (χ0n) is 11.7. The molecule has 1 aromatic rings. The summed E-state index contributed by atoms with van der Waals surface area (Å²) in [5, 5.41) is 9.38. The van der Waals surface area contributed by atoms with Crippen LogP contribution in [0, 0.1) is 19.3 Å². The first-order chi connectivity index (χ1) is 10.3. The van der Waals surface area contributed by atoms with Crippen molar-refractivity contribution in [3.05, 3.63) is 15.6 Å². The number of rotatable bonds is 6. The van der Waals surface area contributed by atoms with Gasteiger partial charge in [0.25, 0.3) is 5.91 Å². The number of amides is 1. The molecule has 1 aliphatic heterocycles. The maximum atomic E-state index is 12.6. The lowest BCUT2D eigenvalue weighted by atomic mass is 10.0. The zero-order valence-corrected chi connectivity index (χ0v) is 12.5. The second-order valence-electron chi connectivity index (χ2n) is 4.82. The highest BCUT2D eigenvalue weighted by Crippen LogP contribution is 2.36. The predicted octanol–water partition coefficient (Wildman–Crippen LogP) is 3.17. The topological polar surface area (TPSA) is 66.7 Å². The number of nitrogens with zero attached hydrogens (tertiary/aromatic N) is 3. The number of terminal acetylenes is 1.